The largest absolute Gasteiger partial charge is 0.467 e. The highest BCUT2D eigenvalue weighted by Crippen LogP contribution is 2.09. The van der Waals surface area contributed by atoms with E-state index in [1.807, 2.05) is 0 Å². The Morgan fingerprint density at radius 1 is 1.22 bits per heavy atom. The number of methoxy groups -OCH3 is 1. The maximum atomic E-state index is 11.8. The van der Waals surface area contributed by atoms with E-state index in [0.717, 1.165) is 0 Å². The van der Waals surface area contributed by atoms with Crippen molar-refractivity contribution in [2.75, 3.05) is 44.5 Å². The normalized spacial score (nSPS) is 10.5. The van der Waals surface area contributed by atoms with Crippen molar-refractivity contribution in [1.82, 2.24) is 15.0 Å². The Hall–Kier alpha value is -1.77. The summed E-state index contributed by atoms with van der Waals surface area (Å²) in [4.78, 5) is 11.8. The molecule has 0 saturated carbocycles. The van der Waals surface area contributed by atoms with Crippen LogP contribution in [0.2, 0.25) is 0 Å². The van der Waals surface area contributed by atoms with Crippen LogP contribution in [0.3, 0.4) is 0 Å². The average molecular weight is 263 g/mol. The molecule has 0 saturated heterocycles. The molecule has 0 aliphatic rings. The minimum Gasteiger partial charge on any atom is -0.467 e. The number of halogens is 2. The lowest BCUT2D eigenvalue weighted by molar-refractivity contribution is 0.0214. The number of nitrogens with zero attached hydrogens (tertiary/aromatic N) is 3. The Morgan fingerprint density at radius 2 is 1.94 bits per heavy atom. The first-order valence-electron chi connectivity index (χ1n) is 5.23. The van der Waals surface area contributed by atoms with E-state index >= 15 is 0 Å². The third-order valence-corrected chi connectivity index (χ3v) is 1.79. The molecule has 0 fully saturated rings. The van der Waals surface area contributed by atoms with Gasteiger partial charge in [-0.1, -0.05) is 0 Å². The summed E-state index contributed by atoms with van der Waals surface area (Å²) in [5.41, 5.74) is 0. The predicted octanol–water partition coefficient (Wildman–Crippen LogP) is 0.615. The van der Waals surface area contributed by atoms with E-state index in [9.17, 15) is 8.78 Å². The van der Waals surface area contributed by atoms with E-state index in [0.29, 0.717) is 12.5 Å². The summed E-state index contributed by atoms with van der Waals surface area (Å²) in [7, 11) is 3.09. The van der Waals surface area contributed by atoms with Gasteiger partial charge in [0, 0.05) is 13.6 Å². The monoisotopic (exact) mass is 263 g/mol. The zero-order valence-corrected chi connectivity index (χ0v) is 10.1. The first-order chi connectivity index (χ1) is 8.65. The molecule has 0 bridgehead atoms. The van der Waals surface area contributed by atoms with Crippen LogP contribution >= 0.6 is 0 Å². The number of rotatable bonds is 8. The topological polar surface area (TPSA) is 81.2 Å². The molecule has 1 aromatic rings. The van der Waals surface area contributed by atoms with Gasteiger partial charge in [0.05, 0.1) is 13.7 Å². The van der Waals surface area contributed by atoms with E-state index in [-0.39, 0.29) is 18.6 Å². The van der Waals surface area contributed by atoms with Gasteiger partial charge in [-0.3, -0.25) is 0 Å². The minimum absolute atomic E-state index is 0.132. The van der Waals surface area contributed by atoms with Gasteiger partial charge in [0.15, 0.2) is 0 Å². The molecule has 18 heavy (non-hydrogen) atoms. The highest BCUT2D eigenvalue weighted by molar-refractivity contribution is 5.35. The molecule has 2 N–H and O–H groups in total. The van der Waals surface area contributed by atoms with E-state index in [4.69, 9.17) is 9.47 Å². The van der Waals surface area contributed by atoms with Crippen molar-refractivity contribution in [3.05, 3.63) is 0 Å². The molecule has 1 heterocycles. The molecule has 7 nitrogen and oxygen atoms in total. The fourth-order valence-electron chi connectivity index (χ4n) is 1.05. The summed E-state index contributed by atoms with van der Waals surface area (Å²) < 4.78 is 33.1. The Kier molecular flexibility index (Phi) is 5.98. The molecular weight excluding hydrogens is 248 g/mol. The maximum absolute atomic E-state index is 11.8. The lowest BCUT2D eigenvalue weighted by Crippen LogP contribution is -2.15. The van der Waals surface area contributed by atoms with Crippen LogP contribution in [0.4, 0.5) is 20.7 Å². The third-order valence-electron chi connectivity index (χ3n) is 1.79. The zero-order chi connectivity index (χ0) is 13.4. The summed E-state index contributed by atoms with van der Waals surface area (Å²) in [6, 6.07) is 0.158. The van der Waals surface area contributed by atoms with Gasteiger partial charge < -0.3 is 20.1 Å². The van der Waals surface area contributed by atoms with E-state index in [1.54, 1.807) is 7.05 Å². The standard InChI is InChI=1S/C9H15F2N5O2/c1-12-7-14-8(16-9(15-7)17-2)13-3-4-18-5-6(10)11/h6H,3-5H2,1-2H3,(H2,12,13,14,15,16). The van der Waals surface area contributed by atoms with Gasteiger partial charge >= 0.3 is 6.01 Å². The molecule has 0 amide bonds. The van der Waals surface area contributed by atoms with Crippen LogP contribution in [0.1, 0.15) is 0 Å². The van der Waals surface area contributed by atoms with E-state index < -0.39 is 13.0 Å². The summed E-state index contributed by atoms with van der Waals surface area (Å²) in [5, 5.41) is 5.56. The van der Waals surface area contributed by atoms with Crippen molar-refractivity contribution in [2.45, 2.75) is 6.43 Å². The molecule has 0 radical (unpaired) electrons. The molecule has 102 valence electrons. The molecule has 0 spiro atoms. The van der Waals surface area contributed by atoms with Crippen molar-refractivity contribution < 1.29 is 18.3 Å². The highest BCUT2D eigenvalue weighted by Gasteiger charge is 2.05. The molecule has 1 aromatic heterocycles. The molecule has 1 rings (SSSR count). The number of hydrogen-bond donors (Lipinski definition) is 2. The summed E-state index contributed by atoms with van der Waals surface area (Å²) >= 11 is 0. The number of hydrogen-bond acceptors (Lipinski definition) is 7. The van der Waals surface area contributed by atoms with Gasteiger partial charge in [0.2, 0.25) is 11.9 Å². The Balaban J connectivity index is 2.41. The van der Waals surface area contributed by atoms with Gasteiger partial charge in [-0.25, -0.2) is 8.78 Å². The molecular formula is C9H15F2N5O2. The number of ether oxygens (including phenoxy) is 2. The van der Waals surface area contributed by atoms with Crippen molar-refractivity contribution in [2.24, 2.45) is 0 Å². The molecule has 0 unspecified atom stereocenters. The second kappa shape index (κ2) is 7.54. The molecule has 9 heteroatoms. The number of alkyl halides is 2. The molecule has 0 aliphatic heterocycles. The van der Waals surface area contributed by atoms with Crippen LogP contribution in [0.5, 0.6) is 6.01 Å². The van der Waals surface area contributed by atoms with Crippen LogP contribution in [0.15, 0.2) is 0 Å². The summed E-state index contributed by atoms with van der Waals surface area (Å²) in [5.74, 6) is 0.629. The van der Waals surface area contributed by atoms with Crippen LogP contribution in [0, 0.1) is 0 Å². The van der Waals surface area contributed by atoms with Crippen LogP contribution < -0.4 is 15.4 Å². The van der Waals surface area contributed by atoms with Gasteiger partial charge in [-0.2, -0.15) is 15.0 Å². The lowest BCUT2D eigenvalue weighted by Gasteiger charge is -2.08. The number of anilines is 2. The first kappa shape index (κ1) is 14.3. The van der Waals surface area contributed by atoms with Gasteiger partial charge in [-0.15, -0.1) is 0 Å². The maximum Gasteiger partial charge on any atom is 0.322 e. The van der Waals surface area contributed by atoms with E-state index in [2.05, 4.69) is 25.6 Å². The predicted molar refractivity (Wildman–Crippen MR) is 61.2 cm³/mol. The van der Waals surface area contributed by atoms with Crippen LogP contribution in [-0.4, -0.2) is 55.3 Å². The Bertz CT molecular complexity index is 345. The molecule has 0 aliphatic carbocycles. The zero-order valence-electron chi connectivity index (χ0n) is 10.1. The van der Waals surface area contributed by atoms with Gasteiger partial charge in [0.25, 0.3) is 6.43 Å². The second-order valence-corrected chi connectivity index (χ2v) is 3.11. The smallest absolute Gasteiger partial charge is 0.322 e. The average Bonchev–Trinajstić information content (AvgIpc) is 2.37. The fraction of sp³-hybridized carbons (Fsp3) is 0.667. The van der Waals surface area contributed by atoms with Crippen LogP contribution in [0.25, 0.3) is 0 Å². The summed E-state index contributed by atoms with van der Waals surface area (Å²) in [6.07, 6.45) is -2.46. The third kappa shape index (κ3) is 5.04. The fourth-order valence-corrected chi connectivity index (χ4v) is 1.05. The highest BCUT2D eigenvalue weighted by atomic mass is 19.3. The van der Waals surface area contributed by atoms with Gasteiger partial charge in [0.1, 0.15) is 6.61 Å². The summed E-state index contributed by atoms with van der Waals surface area (Å²) in [6.45, 7) is -0.139. The van der Waals surface area contributed by atoms with Crippen molar-refractivity contribution >= 4 is 11.9 Å². The molecule has 0 atom stereocenters. The molecule has 0 aromatic carbocycles. The van der Waals surface area contributed by atoms with Crippen molar-refractivity contribution in [1.29, 1.82) is 0 Å². The number of aromatic nitrogens is 3. The lowest BCUT2D eigenvalue weighted by atomic mass is 10.6. The van der Waals surface area contributed by atoms with Crippen molar-refractivity contribution in [3.63, 3.8) is 0 Å². The SMILES string of the molecule is CNc1nc(NCCOCC(F)F)nc(OC)n1. The Morgan fingerprint density at radius 3 is 2.56 bits per heavy atom. The minimum atomic E-state index is -2.46. The first-order valence-corrected chi connectivity index (χ1v) is 5.23. The van der Waals surface area contributed by atoms with Crippen molar-refractivity contribution in [3.8, 4) is 6.01 Å². The van der Waals surface area contributed by atoms with Crippen LogP contribution in [-0.2, 0) is 4.74 Å². The number of nitrogens with one attached hydrogen (secondary N) is 2. The quantitative estimate of drug-likeness (QED) is 0.665. The van der Waals surface area contributed by atoms with E-state index in [1.165, 1.54) is 7.11 Å². The van der Waals surface area contributed by atoms with Gasteiger partial charge in [-0.05, 0) is 0 Å². The second-order valence-electron chi connectivity index (χ2n) is 3.11. The Labute approximate surface area is 103 Å².